The normalized spacial score (nSPS) is 25.5. The zero-order valence-corrected chi connectivity index (χ0v) is 7.14. The van der Waals surface area contributed by atoms with Crippen LogP contribution in [0.25, 0.3) is 0 Å². The van der Waals surface area contributed by atoms with E-state index in [1.807, 2.05) is 6.92 Å². The first-order chi connectivity index (χ1) is 5.17. The third-order valence-electron chi connectivity index (χ3n) is 2.69. The summed E-state index contributed by atoms with van der Waals surface area (Å²) >= 11 is 0. The van der Waals surface area contributed by atoms with Crippen molar-refractivity contribution in [2.75, 3.05) is 0 Å². The monoisotopic (exact) mass is 152 g/mol. The number of hydrogen-bond acceptors (Lipinski definition) is 2. The molecule has 0 heterocycles. The van der Waals surface area contributed by atoms with E-state index in [4.69, 9.17) is 11.0 Å². The maximum Gasteiger partial charge on any atom is 0.104 e. The zero-order chi connectivity index (χ0) is 8.32. The summed E-state index contributed by atoms with van der Waals surface area (Å²) in [5.74, 6) is 0.432. The summed E-state index contributed by atoms with van der Waals surface area (Å²) in [6.07, 6.45) is 6.09. The zero-order valence-electron chi connectivity index (χ0n) is 7.14. The first kappa shape index (κ1) is 8.55. The topological polar surface area (TPSA) is 49.8 Å². The predicted octanol–water partition coefficient (Wildman–Crippen LogP) is 1.81. The van der Waals surface area contributed by atoms with Gasteiger partial charge in [-0.25, -0.2) is 0 Å². The van der Waals surface area contributed by atoms with Crippen LogP contribution in [0.2, 0.25) is 0 Å². The van der Waals surface area contributed by atoms with Crippen molar-refractivity contribution in [2.24, 2.45) is 11.7 Å². The Bertz CT molecular complexity index is 161. The summed E-state index contributed by atoms with van der Waals surface area (Å²) < 4.78 is 0. The van der Waals surface area contributed by atoms with Gasteiger partial charge >= 0.3 is 0 Å². The Morgan fingerprint density at radius 3 is 2.36 bits per heavy atom. The Balaban J connectivity index is 2.52. The summed E-state index contributed by atoms with van der Waals surface area (Å²) in [6.45, 7) is 1.85. The van der Waals surface area contributed by atoms with Gasteiger partial charge in [0.25, 0.3) is 0 Å². The minimum absolute atomic E-state index is 0.432. The third kappa shape index (κ3) is 1.94. The molecule has 0 spiro atoms. The minimum Gasteiger partial charge on any atom is -0.313 e. The average molecular weight is 152 g/mol. The van der Waals surface area contributed by atoms with Gasteiger partial charge in [0.2, 0.25) is 0 Å². The van der Waals surface area contributed by atoms with Crippen LogP contribution in [0.4, 0.5) is 0 Å². The third-order valence-corrected chi connectivity index (χ3v) is 2.69. The summed E-state index contributed by atoms with van der Waals surface area (Å²) in [4.78, 5) is 0. The van der Waals surface area contributed by atoms with Crippen LogP contribution in [-0.4, -0.2) is 5.54 Å². The SMILES string of the molecule is C[C@](N)(C#N)C1CCCCC1. The average Bonchev–Trinajstić information content (AvgIpc) is 2.06. The molecule has 2 heteroatoms. The quantitative estimate of drug-likeness (QED) is 0.623. The molecule has 62 valence electrons. The van der Waals surface area contributed by atoms with Gasteiger partial charge in [0.1, 0.15) is 5.54 Å². The van der Waals surface area contributed by atoms with Crippen LogP contribution >= 0.6 is 0 Å². The molecule has 0 bridgehead atoms. The second-order valence-corrected chi connectivity index (χ2v) is 3.73. The fourth-order valence-corrected chi connectivity index (χ4v) is 1.79. The molecule has 1 atom stereocenters. The van der Waals surface area contributed by atoms with Gasteiger partial charge in [-0.3, -0.25) is 0 Å². The Labute approximate surface area is 68.4 Å². The van der Waals surface area contributed by atoms with Crippen molar-refractivity contribution in [2.45, 2.75) is 44.6 Å². The molecule has 1 aliphatic rings. The molecular formula is C9H16N2. The van der Waals surface area contributed by atoms with Crippen molar-refractivity contribution in [3.8, 4) is 6.07 Å². The number of rotatable bonds is 1. The molecule has 0 saturated heterocycles. The van der Waals surface area contributed by atoms with Gasteiger partial charge in [-0.1, -0.05) is 19.3 Å². The molecular weight excluding hydrogens is 136 g/mol. The van der Waals surface area contributed by atoms with Crippen LogP contribution in [0, 0.1) is 17.2 Å². The molecule has 0 aliphatic heterocycles. The first-order valence-electron chi connectivity index (χ1n) is 4.37. The van der Waals surface area contributed by atoms with Gasteiger partial charge in [-0.05, 0) is 25.7 Å². The Morgan fingerprint density at radius 2 is 1.91 bits per heavy atom. The minimum atomic E-state index is -0.583. The lowest BCUT2D eigenvalue weighted by Gasteiger charge is -2.30. The molecule has 1 saturated carbocycles. The largest absolute Gasteiger partial charge is 0.313 e. The predicted molar refractivity (Wildman–Crippen MR) is 44.8 cm³/mol. The van der Waals surface area contributed by atoms with Gasteiger partial charge < -0.3 is 5.73 Å². The molecule has 0 aromatic heterocycles. The van der Waals surface area contributed by atoms with Crippen molar-refractivity contribution < 1.29 is 0 Å². The van der Waals surface area contributed by atoms with E-state index >= 15 is 0 Å². The Morgan fingerprint density at radius 1 is 1.36 bits per heavy atom. The summed E-state index contributed by atoms with van der Waals surface area (Å²) in [6, 6.07) is 2.19. The van der Waals surface area contributed by atoms with Crippen LogP contribution in [0.1, 0.15) is 39.0 Å². The highest BCUT2D eigenvalue weighted by atomic mass is 14.7. The van der Waals surface area contributed by atoms with Gasteiger partial charge in [0.15, 0.2) is 0 Å². The van der Waals surface area contributed by atoms with Crippen LogP contribution in [-0.2, 0) is 0 Å². The van der Waals surface area contributed by atoms with Crippen LogP contribution < -0.4 is 5.73 Å². The lowest BCUT2D eigenvalue weighted by molar-refractivity contribution is 0.270. The van der Waals surface area contributed by atoms with Crippen molar-refractivity contribution in [3.63, 3.8) is 0 Å². The number of nitrogens with zero attached hydrogens (tertiary/aromatic N) is 1. The first-order valence-corrected chi connectivity index (χ1v) is 4.37. The molecule has 1 aliphatic carbocycles. The van der Waals surface area contributed by atoms with Gasteiger partial charge in [-0.15, -0.1) is 0 Å². The summed E-state index contributed by atoms with van der Waals surface area (Å²) in [5, 5.41) is 8.77. The fourth-order valence-electron chi connectivity index (χ4n) is 1.79. The smallest absolute Gasteiger partial charge is 0.104 e. The summed E-state index contributed by atoms with van der Waals surface area (Å²) in [7, 11) is 0. The van der Waals surface area contributed by atoms with Crippen LogP contribution in [0.3, 0.4) is 0 Å². The van der Waals surface area contributed by atoms with E-state index in [-0.39, 0.29) is 0 Å². The Kier molecular flexibility index (Phi) is 2.51. The van der Waals surface area contributed by atoms with E-state index < -0.39 is 5.54 Å². The van der Waals surface area contributed by atoms with Crippen LogP contribution in [0.5, 0.6) is 0 Å². The molecule has 0 radical (unpaired) electrons. The molecule has 0 aromatic carbocycles. The van der Waals surface area contributed by atoms with E-state index in [1.165, 1.54) is 19.3 Å². The molecule has 2 N–H and O–H groups in total. The fraction of sp³-hybridized carbons (Fsp3) is 0.889. The molecule has 0 aromatic rings. The standard InChI is InChI=1S/C9H16N2/c1-9(11,7-10)8-5-3-2-4-6-8/h8H,2-6,11H2,1H3/t9-/m0/s1. The molecule has 2 nitrogen and oxygen atoms in total. The highest BCUT2D eigenvalue weighted by Gasteiger charge is 2.30. The molecule has 0 unspecified atom stereocenters. The second kappa shape index (κ2) is 3.23. The number of nitrogens with two attached hydrogens (primary N) is 1. The van der Waals surface area contributed by atoms with Gasteiger partial charge in [0.05, 0.1) is 6.07 Å². The number of hydrogen-bond donors (Lipinski definition) is 1. The second-order valence-electron chi connectivity index (χ2n) is 3.73. The Hall–Kier alpha value is -0.550. The van der Waals surface area contributed by atoms with Gasteiger partial charge in [-0.2, -0.15) is 5.26 Å². The summed E-state index contributed by atoms with van der Waals surface area (Å²) in [5.41, 5.74) is 5.25. The van der Waals surface area contributed by atoms with Gasteiger partial charge in [0, 0.05) is 0 Å². The highest BCUT2D eigenvalue weighted by Crippen LogP contribution is 2.30. The van der Waals surface area contributed by atoms with Crippen molar-refractivity contribution >= 4 is 0 Å². The van der Waals surface area contributed by atoms with Crippen LogP contribution in [0.15, 0.2) is 0 Å². The molecule has 1 fully saturated rings. The van der Waals surface area contributed by atoms with Crippen molar-refractivity contribution in [1.29, 1.82) is 5.26 Å². The van der Waals surface area contributed by atoms with E-state index in [0.717, 1.165) is 12.8 Å². The van der Waals surface area contributed by atoms with Crippen molar-refractivity contribution in [3.05, 3.63) is 0 Å². The lowest BCUT2D eigenvalue weighted by atomic mass is 9.77. The molecule has 1 rings (SSSR count). The number of nitriles is 1. The maximum absolute atomic E-state index is 8.77. The van der Waals surface area contributed by atoms with E-state index in [0.29, 0.717) is 5.92 Å². The highest BCUT2D eigenvalue weighted by molar-refractivity contribution is 5.05. The van der Waals surface area contributed by atoms with Crippen molar-refractivity contribution in [1.82, 2.24) is 0 Å². The van der Waals surface area contributed by atoms with E-state index in [2.05, 4.69) is 6.07 Å². The van der Waals surface area contributed by atoms with E-state index in [9.17, 15) is 0 Å². The molecule has 11 heavy (non-hydrogen) atoms. The maximum atomic E-state index is 8.77. The molecule has 0 amide bonds. The lowest BCUT2D eigenvalue weighted by Crippen LogP contribution is -2.43. The van der Waals surface area contributed by atoms with E-state index in [1.54, 1.807) is 0 Å².